The molecule has 2 N–H and O–H groups in total. The molecule has 0 saturated carbocycles. The van der Waals surface area contributed by atoms with E-state index in [4.69, 9.17) is 4.74 Å². The summed E-state index contributed by atoms with van der Waals surface area (Å²) in [5, 5.41) is 2.75. The molecular formula is C22H17F3N4O3S. The molecular weight excluding hydrogens is 457 g/mol. The summed E-state index contributed by atoms with van der Waals surface area (Å²) in [4.78, 5) is 8.64. The monoisotopic (exact) mass is 474 g/mol. The van der Waals surface area contributed by atoms with Gasteiger partial charge in [0.1, 0.15) is 5.75 Å². The number of halogens is 3. The third-order valence-corrected chi connectivity index (χ3v) is 5.98. The summed E-state index contributed by atoms with van der Waals surface area (Å²) >= 11 is 0. The molecule has 0 unspecified atom stereocenters. The summed E-state index contributed by atoms with van der Waals surface area (Å²) in [5.74, 6) is 0.262. The number of alkyl halides is 3. The number of nitrogens with zero attached hydrogens (tertiary/aromatic N) is 2. The van der Waals surface area contributed by atoms with Gasteiger partial charge in [-0.3, -0.25) is 4.72 Å². The minimum Gasteiger partial charge on any atom is -0.497 e. The lowest BCUT2D eigenvalue weighted by Crippen LogP contribution is -2.16. The van der Waals surface area contributed by atoms with Crippen molar-refractivity contribution in [2.75, 3.05) is 17.1 Å². The van der Waals surface area contributed by atoms with E-state index in [1.54, 1.807) is 24.3 Å². The number of anilines is 3. The smallest absolute Gasteiger partial charge is 0.416 e. The van der Waals surface area contributed by atoms with Crippen LogP contribution in [0.2, 0.25) is 0 Å². The van der Waals surface area contributed by atoms with Crippen LogP contribution in [-0.4, -0.2) is 25.5 Å². The van der Waals surface area contributed by atoms with Crippen LogP contribution in [-0.2, 0) is 16.2 Å². The Bertz CT molecular complexity index is 1410. The zero-order valence-electron chi connectivity index (χ0n) is 17.1. The standard InChI is InChI=1S/C22H17F3N4O3S/c1-32-16-9-11-17(12-10-16)33(30,31)29-21-20(27-18-7-2-3-8-19(18)28-21)26-15-6-4-5-14(13-15)22(23,24)25/h2-13H,1H3,(H,26,27)(H,28,29). The number of ether oxygens (including phenoxy) is 1. The highest BCUT2D eigenvalue weighted by atomic mass is 32.2. The van der Waals surface area contributed by atoms with Gasteiger partial charge in [0.05, 0.1) is 28.6 Å². The van der Waals surface area contributed by atoms with Gasteiger partial charge in [0.25, 0.3) is 10.0 Å². The van der Waals surface area contributed by atoms with Crippen molar-refractivity contribution in [1.82, 2.24) is 9.97 Å². The Morgan fingerprint density at radius 1 is 0.848 bits per heavy atom. The van der Waals surface area contributed by atoms with Crippen molar-refractivity contribution in [2.45, 2.75) is 11.1 Å². The molecule has 0 bridgehead atoms. The first kappa shape index (κ1) is 22.3. The lowest BCUT2D eigenvalue weighted by atomic mass is 10.2. The van der Waals surface area contributed by atoms with Crippen LogP contribution in [0.5, 0.6) is 5.75 Å². The Balaban J connectivity index is 1.75. The average Bonchev–Trinajstić information content (AvgIpc) is 2.79. The molecule has 0 fully saturated rings. The second-order valence-electron chi connectivity index (χ2n) is 6.89. The first-order valence-corrected chi connectivity index (χ1v) is 11.0. The van der Waals surface area contributed by atoms with Crippen LogP contribution in [0.15, 0.2) is 77.7 Å². The molecule has 0 aliphatic rings. The molecule has 0 aliphatic heterocycles. The van der Waals surface area contributed by atoms with Gasteiger partial charge in [0, 0.05) is 5.69 Å². The molecule has 4 aromatic rings. The normalized spacial score (nSPS) is 11.9. The Kier molecular flexibility index (Phi) is 5.81. The predicted molar refractivity (Wildman–Crippen MR) is 118 cm³/mol. The number of hydrogen-bond acceptors (Lipinski definition) is 6. The van der Waals surface area contributed by atoms with E-state index in [-0.39, 0.29) is 22.2 Å². The third kappa shape index (κ3) is 4.98. The summed E-state index contributed by atoms with van der Waals surface area (Å²) in [6.45, 7) is 0. The van der Waals surface area contributed by atoms with Crippen LogP contribution < -0.4 is 14.8 Å². The minimum atomic E-state index is -4.54. The molecule has 1 heterocycles. The van der Waals surface area contributed by atoms with Crippen LogP contribution in [0.25, 0.3) is 11.0 Å². The van der Waals surface area contributed by atoms with Gasteiger partial charge in [0.15, 0.2) is 11.6 Å². The van der Waals surface area contributed by atoms with E-state index in [0.717, 1.165) is 12.1 Å². The summed E-state index contributed by atoms with van der Waals surface area (Å²) < 4.78 is 72.6. The van der Waals surface area contributed by atoms with Crippen LogP contribution in [0.3, 0.4) is 0 Å². The SMILES string of the molecule is COc1ccc(S(=O)(=O)Nc2nc3ccccc3nc2Nc2cccc(C(F)(F)F)c2)cc1. The molecule has 170 valence electrons. The molecule has 0 aliphatic carbocycles. The maximum absolute atomic E-state index is 13.1. The Morgan fingerprint density at radius 2 is 1.48 bits per heavy atom. The molecule has 0 amide bonds. The van der Waals surface area contributed by atoms with Crippen LogP contribution in [0, 0.1) is 0 Å². The number of sulfonamides is 1. The summed E-state index contributed by atoms with van der Waals surface area (Å²) in [5.41, 5.74) is 0.0415. The van der Waals surface area contributed by atoms with E-state index in [2.05, 4.69) is 20.0 Å². The number of aromatic nitrogens is 2. The fraction of sp³-hybridized carbons (Fsp3) is 0.0909. The molecule has 33 heavy (non-hydrogen) atoms. The predicted octanol–water partition coefficient (Wildman–Crippen LogP) is 5.20. The lowest BCUT2D eigenvalue weighted by molar-refractivity contribution is -0.137. The summed E-state index contributed by atoms with van der Waals surface area (Å²) in [7, 11) is -2.62. The van der Waals surface area contributed by atoms with Gasteiger partial charge in [0.2, 0.25) is 0 Å². The molecule has 0 spiro atoms. The van der Waals surface area contributed by atoms with Crippen molar-refractivity contribution in [1.29, 1.82) is 0 Å². The summed E-state index contributed by atoms with van der Waals surface area (Å²) in [6.07, 6.45) is -4.54. The number of fused-ring (bicyclic) bond motifs is 1. The number of methoxy groups -OCH3 is 1. The van der Waals surface area contributed by atoms with E-state index in [0.29, 0.717) is 16.8 Å². The molecule has 0 atom stereocenters. The van der Waals surface area contributed by atoms with Crippen molar-refractivity contribution in [3.8, 4) is 5.75 Å². The minimum absolute atomic E-state index is 0.0508. The van der Waals surface area contributed by atoms with Crippen molar-refractivity contribution in [3.05, 3.63) is 78.4 Å². The van der Waals surface area contributed by atoms with E-state index < -0.39 is 21.8 Å². The molecule has 7 nitrogen and oxygen atoms in total. The van der Waals surface area contributed by atoms with E-state index in [9.17, 15) is 21.6 Å². The van der Waals surface area contributed by atoms with Gasteiger partial charge in [-0.25, -0.2) is 18.4 Å². The number of para-hydroxylation sites is 2. The topological polar surface area (TPSA) is 93.2 Å². The molecule has 0 saturated heterocycles. The van der Waals surface area contributed by atoms with Gasteiger partial charge < -0.3 is 10.1 Å². The first-order chi connectivity index (χ1) is 15.7. The molecule has 0 radical (unpaired) electrons. The van der Waals surface area contributed by atoms with Crippen molar-refractivity contribution in [3.63, 3.8) is 0 Å². The highest BCUT2D eigenvalue weighted by Crippen LogP contribution is 2.33. The van der Waals surface area contributed by atoms with Gasteiger partial charge in [-0.1, -0.05) is 18.2 Å². The maximum Gasteiger partial charge on any atom is 0.416 e. The molecule has 4 rings (SSSR count). The highest BCUT2D eigenvalue weighted by molar-refractivity contribution is 7.92. The fourth-order valence-electron chi connectivity index (χ4n) is 3.01. The summed E-state index contributed by atoms with van der Waals surface area (Å²) in [6, 6.07) is 16.9. The first-order valence-electron chi connectivity index (χ1n) is 9.54. The number of nitrogens with one attached hydrogen (secondary N) is 2. The van der Waals surface area contributed by atoms with Gasteiger partial charge in [-0.2, -0.15) is 13.2 Å². The second kappa shape index (κ2) is 8.58. The van der Waals surface area contributed by atoms with Crippen LogP contribution >= 0.6 is 0 Å². The van der Waals surface area contributed by atoms with E-state index >= 15 is 0 Å². The number of hydrogen-bond donors (Lipinski definition) is 2. The number of benzene rings is 3. The van der Waals surface area contributed by atoms with E-state index in [1.165, 1.54) is 43.5 Å². The Hall–Kier alpha value is -3.86. The average molecular weight is 474 g/mol. The van der Waals surface area contributed by atoms with Crippen LogP contribution in [0.1, 0.15) is 5.56 Å². The second-order valence-corrected chi connectivity index (χ2v) is 8.58. The third-order valence-electron chi connectivity index (χ3n) is 4.62. The van der Waals surface area contributed by atoms with Gasteiger partial charge >= 0.3 is 6.18 Å². The Morgan fingerprint density at radius 3 is 2.09 bits per heavy atom. The van der Waals surface area contributed by atoms with Crippen molar-refractivity contribution in [2.24, 2.45) is 0 Å². The van der Waals surface area contributed by atoms with Crippen molar-refractivity contribution < 1.29 is 26.3 Å². The van der Waals surface area contributed by atoms with E-state index in [1.807, 2.05) is 0 Å². The zero-order valence-corrected chi connectivity index (χ0v) is 17.9. The van der Waals surface area contributed by atoms with Gasteiger partial charge in [-0.05, 0) is 54.6 Å². The van der Waals surface area contributed by atoms with Crippen molar-refractivity contribution >= 4 is 38.4 Å². The highest BCUT2D eigenvalue weighted by Gasteiger charge is 2.30. The van der Waals surface area contributed by atoms with Crippen LogP contribution in [0.4, 0.5) is 30.5 Å². The quantitative estimate of drug-likeness (QED) is 0.399. The molecule has 11 heteroatoms. The maximum atomic E-state index is 13.1. The Labute approximate surface area is 187 Å². The molecule has 3 aromatic carbocycles. The zero-order chi connectivity index (χ0) is 23.6. The number of rotatable bonds is 6. The fourth-order valence-corrected chi connectivity index (χ4v) is 4.02. The molecule has 1 aromatic heterocycles. The largest absolute Gasteiger partial charge is 0.497 e. The lowest BCUT2D eigenvalue weighted by Gasteiger charge is -2.15. The van der Waals surface area contributed by atoms with Gasteiger partial charge in [-0.15, -0.1) is 0 Å².